The van der Waals surface area contributed by atoms with Gasteiger partial charge in [-0.2, -0.15) is 0 Å². The molecule has 3 rings (SSSR count). The van der Waals surface area contributed by atoms with E-state index in [-0.39, 0.29) is 0 Å². The van der Waals surface area contributed by atoms with Gasteiger partial charge in [-0.05, 0) is 65.0 Å². The molecule has 134 valence electrons. The Kier molecular flexibility index (Phi) is 6.30. The summed E-state index contributed by atoms with van der Waals surface area (Å²) < 4.78 is 2.13. The molecule has 0 radical (unpaired) electrons. The zero-order valence-corrected chi connectivity index (χ0v) is 15.1. The maximum atomic E-state index is 12.7. The second-order valence-corrected chi connectivity index (χ2v) is 7.35. The molecule has 0 bridgehead atoms. The molecule has 2 aliphatic heterocycles. The van der Waals surface area contributed by atoms with Crippen molar-refractivity contribution < 1.29 is 4.79 Å². The third-order valence-electron chi connectivity index (χ3n) is 5.64. The molecule has 5 nitrogen and oxygen atoms in total. The second kappa shape index (κ2) is 8.65. The van der Waals surface area contributed by atoms with Gasteiger partial charge in [-0.3, -0.25) is 4.79 Å². The van der Waals surface area contributed by atoms with Crippen molar-refractivity contribution in [3.63, 3.8) is 0 Å². The highest BCUT2D eigenvalue weighted by Gasteiger charge is 2.26. The number of rotatable bonds is 7. The van der Waals surface area contributed by atoms with Crippen LogP contribution in [0.3, 0.4) is 0 Å². The minimum atomic E-state index is 0.360. The number of aryl methyl sites for hydroxylation is 2. The Balaban J connectivity index is 1.44. The van der Waals surface area contributed by atoms with Crippen molar-refractivity contribution in [2.75, 3.05) is 26.2 Å². The van der Waals surface area contributed by atoms with Crippen molar-refractivity contribution in [1.29, 1.82) is 0 Å². The summed E-state index contributed by atoms with van der Waals surface area (Å²) in [5, 5.41) is 0. The zero-order chi connectivity index (χ0) is 16.8. The molecule has 1 atom stereocenters. The Morgan fingerprint density at radius 1 is 1.17 bits per heavy atom. The summed E-state index contributed by atoms with van der Waals surface area (Å²) in [7, 11) is 0. The van der Waals surface area contributed by atoms with Gasteiger partial charge in [-0.25, -0.2) is 4.98 Å². The Bertz CT molecular complexity index is 521. The van der Waals surface area contributed by atoms with E-state index in [1.807, 2.05) is 19.3 Å². The van der Waals surface area contributed by atoms with Crippen molar-refractivity contribution >= 4 is 5.91 Å². The molecule has 2 aliphatic rings. The lowest BCUT2D eigenvalue weighted by Crippen LogP contribution is -2.45. The summed E-state index contributed by atoms with van der Waals surface area (Å²) in [5.74, 6) is 1.39. The molecule has 0 spiro atoms. The summed E-state index contributed by atoms with van der Waals surface area (Å²) in [6.07, 6.45) is 12.9. The molecular weight excluding hydrogens is 300 g/mol. The predicted molar refractivity (Wildman–Crippen MR) is 95.8 cm³/mol. The fourth-order valence-electron chi connectivity index (χ4n) is 4.15. The largest absolute Gasteiger partial charge is 0.340 e. The van der Waals surface area contributed by atoms with Gasteiger partial charge in [0.25, 0.3) is 0 Å². The first-order valence-corrected chi connectivity index (χ1v) is 9.73. The highest BCUT2D eigenvalue weighted by molar-refractivity contribution is 5.76. The Morgan fingerprint density at radius 3 is 2.71 bits per heavy atom. The maximum Gasteiger partial charge on any atom is 0.222 e. The van der Waals surface area contributed by atoms with Crippen molar-refractivity contribution in [2.45, 2.75) is 70.9 Å². The fourth-order valence-corrected chi connectivity index (χ4v) is 4.15. The van der Waals surface area contributed by atoms with Crippen molar-refractivity contribution in [1.82, 2.24) is 19.4 Å². The van der Waals surface area contributed by atoms with Crippen LogP contribution in [-0.2, 0) is 11.3 Å². The smallest absolute Gasteiger partial charge is 0.222 e. The van der Waals surface area contributed by atoms with Crippen LogP contribution in [0.15, 0.2) is 12.4 Å². The Labute approximate surface area is 146 Å². The van der Waals surface area contributed by atoms with E-state index in [9.17, 15) is 4.79 Å². The lowest BCUT2D eigenvalue weighted by molar-refractivity contribution is -0.135. The van der Waals surface area contributed by atoms with Crippen molar-refractivity contribution in [3.8, 4) is 0 Å². The van der Waals surface area contributed by atoms with E-state index in [1.165, 1.54) is 51.7 Å². The van der Waals surface area contributed by atoms with E-state index < -0.39 is 0 Å². The quantitative estimate of drug-likeness (QED) is 0.771. The minimum Gasteiger partial charge on any atom is -0.340 e. The van der Waals surface area contributed by atoms with E-state index >= 15 is 0 Å². The molecule has 0 N–H and O–H groups in total. The first-order chi connectivity index (χ1) is 11.7. The number of nitrogens with zero attached hydrogens (tertiary/aromatic N) is 4. The van der Waals surface area contributed by atoms with Gasteiger partial charge in [-0.15, -0.1) is 0 Å². The van der Waals surface area contributed by atoms with Gasteiger partial charge >= 0.3 is 0 Å². The zero-order valence-electron chi connectivity index (χ0n) is 15.1. The molecule has 3 heterocycles. The number of likely N-dealkylation sites (tertiary alicyclic amines) is 2. The Morgan fingerprint density at radius 2 is 1.96 bits per heavy atom. The highest BCUT2D eigenvalue weighted by Crippen LogP contribution is 2.22. The van der Waals surface area contributed by atoms with E-state index in [2.05, 4.69) is 19.4 Å². The molecular formula is C19H32N4O. The van der Waals surface area contributed by atoms with Crippen LogP contribution in [0.2, 0.25) is 0 Å². The molecule has 0 saturated carbocycles. The standard InChI is InChI=1S/C19H32N4O/c1-17-20-10-16-22(17)13-6-8-19(24)23-14-3-2-7-18(23)9-15-21-11-4-5-12-21/h10,16,18H,2-9,11-15H2,1H3/t18-/m0/s1. The SMILES string of the molecule is Cc1nccn1CCCC(=O)N1CCCC[C@H]1CCN1CCCC1. The molecule has 2 fully saturated rings. The van der Waals surface area contributed by atoms with E-state index in [4.69, 9.17) is 0 Å². The highest BCUT2D eigenvalue weighted by atomic mass is 16.2. The predicted octanol–water partition coefficient (Wildman–Crippen LogP) is 2.84. The average molecular weight is 332 g/mol. The summed E-state index contributed by atoms with van der Waals surface area (Å²) in [6, 6.07) is 0.474. The molecule has 5 heteroatoms. The first-order valence-electron chi connectivity index (χ1n) is 9.73. The third-order valence-corrected chi connectivity index (χ3v) is 5.64. The average Bonchev–Trinajstić information content (AvgIpc) is 3.25. The van der Waals surface area contributed by atoms with Gasteiger partial charge in [-0.1, -0.05) is 0 Å². The molecule has 1 aromatic heterocycles. The number of hydrogen-bond donors (Lipinski definition) is 0. The number of amides is 1. The van der Waals surface area contributed by atoms with E-state index in [1.54, 1.807) is 0 Å². The normalized spacial score (nSPS) is 22.2. The summed E-state index contributed by atoms with van der Waals surface area (Å²) in [5.41, 5.74) is 0. The molecule has 24 heavy (non-hydrogen) atoms. The van der Waals surface area contributed by atoms with Gasteiger partial charge in [0.2, 0.25) is 5.91 Å². The molecule has 0 aromatic carbocycles. The van der Waals surface area contributed by atoms with Gasteiger partial charge in [0.15, 0.2) is 0 Å². The number of carbonyl (C=O) groups is 1. The molecule has 1 amide bonds. The number of hydrogen-bond acceptors (Lipinski definition) is 3. The molecule has 0 unspecified atom stereocenters. The lowest BCUT2D eigenvalue weighted by atomic mass is 9.98. The van der Waals surface area contributed by atoms with Crippen LogP contribution in [0.5, 0.6) is 0 Å². The Hall–Kier alpha value is -1.36. The van der Waals surface area contributed by atoms with Crippen molar-refractivity contribution in [2.24, 2.45) is 0 Å². The fraction of sp³-hybridized carbons (Fsp3) is 0.789. The number of imidazole rings is 1. The van der Waals surface area contributed by atoms with E-state index in [0.29, 0.717) is 18.4 Å². The number of aromatic nitrogens is 2. The number of carbonyl (C=O) groups excluding carboxylic acids is 1. The maximum absolute atomic E-state index is 12.7. The van der Waals surface area contributed by atoms with Gasteiger partial charge in [0, 0.05) is 44.5 Å². The van der Waals surface area contributed by atoms with Crippen LogP contribution in [0.1, 0.15) is 57.2 Å². The summed E-state index contributed by atoms with van der Waals surface area (Å²) >= 11 is 0. The lowest BCUT2D eigenvalue weighted by Gasteiger charge is -2.37. The van der Waals surface area contributed by atoms with Crippen LogP contribution in [0.25, 0.3) is 0 Å². The monoisotopic (exact) mass is 332 g/mol. The minimum absolute atomic E-state index is 0.360. The third kappa shape index (κ3) is 4.59. The van der Waals surface area contributed by atoms with Crippen LogP contribution in [-0.4, -0.2) is 57.5 Å². The molecule has 2 saturated heterocycles. The van der Waals surface area contributed by atoms with Gasteiger partial charge < -0.3 is 14.4 Å². The topological polar surface area (TPSA) is 41.4 Å². The van der Waals surface area contributed by atoms with Crippen molar-refractivity contribution in [3.05, 3.63) is 18.2 Å². The molecule has 0 aliphatic carbocycles. The van der Waals surface area contributed by atoms with E-state index in [0.717, 1.165) is 31.8 Å². The first kappa shape index (κ1) is 17.5. The summed E-state index contributed by atoms with van der Waals surface area (Å²) in [6.45, 7) is 7.55. The van der Waals surface area contributed by atoms with Crippen LogP contribution < -0.4 is 0 Å². The van der Waals surface area contributed by atoms with Gasteiger partial charge in [0.05, 0.1) is 0 Å². The number of piperidine rings is 1. The molecule has 1 aromatic rings. The summed E-state index contributed by atoms with van der Waals surface area (Å²) in [4.78, 5) is 21.7. The second-order valence-electron chi connectivity index (χ2n) is 7.35. The van der Waals surface area contributed by atoms with Crippen LogP contribution in [0, 0.1) is 6.92 Å². The van der Waals surface area contributed by atoms with Crippen LogP contribution >= 0.6 is 0 Å². The van der Waals surface area contributed by atoms with Gasteiger partial charge in [0.1, 0.15) is 5.82 Å². The van der Waals surface area contributed by atoms with Crippen LogP contribution in [0.4, 0.5) is 0 Å².